The number of rotatable bonds is 10. The highest BCUT2D eigenvalue weighted by Gasteiger charge is 2.13. The van der Waals surface area contributed by atoms with Crippen molar-refractivity contribution in [2.24, 2.45) is 9.98 Å². The summed E-state index contributed by atoms with van der Waals surface area (Å²) < 4.78 is 23.6. The molecule has 0 bridgehead atoms. The van der Waals surface area contributed by atoms with Crippen molar-refractivity contribution >= 4 is 33.4 Å². The van der Waals surface area contributed by atoms with E-state index in [1.165, 1.54) is 12.1 Å². The van der Waals surface area contributed by atoms with E-state index in [1.54, 1.807) is 30.6 Å². The Morgan fingerprint density at radius 3 is 2.50 bits per heavy atom. The summed E-state index contributed by atoms with van der Waals surface area (Å²) in [6, 6.07) is 13.4. The van der Waals surface area contributed by atoms with Crippen molar-refractivity contribution in [1.29, 1.82) is 0 Å². The molecule has 0 aliphatic carbocycles. The molecule has 1 amide bonds. The Labute approximate surface area is 202 Å². The number of anilines is 1. The molecule has 7 nitrogen and oxygen atoms in total. The Morgan fingerprint density at radius 1 is 1.15 bits per heavy atom. The molecule has 2 N–H and O–H groups in total. The van der Waals surface area contributed by atoms with Crippen LogP contribution in [-0.4, -0.2) is 39.1 Å². The van der Waals surface area contributed by atoms with Crippen LogP contribution in [-0.2, 0) is 9.84 Å². The lowest BCUT2D eigenvalue weighted by Crippen LogP contribution is -2.17. The number of carbonyl (C=O) groups excluding carboxylic acids is 1. The van der Waals surface area contributed by atoms with Crippen LogP contribution >= 0.6 is 0 Å². The molecule has 0 aromatic heterocycles. The van der Waals surface area contributed by atoms with E-state index in [-0.39, 0.29) is 22.4 Å². The van der Waals surface area contributed by atoms with Crippen molar-refractivity contribution in [2.45, 2.75) is 38.6 Å². The molecule has 2 rings (SSSR count). The Kier molecular flexibility index (Phi) is 9.50. The first kappa shape index (κ1) is 26.7. The molecule has 1 atom stereocenters. The van der Waals surface area contributed by atoms with Crippen molar-refractivity contribution in [3.63, 3.8) is 0 Å². The number of hydrogen-bond donors (Lipinski definition) is 2. The van der Waals surface area contributed by atoms with Gasteiger partial charge in [0.1, 0.15) is 0 Å². The maximum atomic E-state index is 12.7. The lowest BCUT2D eigenvalue weighted by molar-refractivity contribution is 0.102. The Morgan fingerprint density at radius 2 is 1.85 bits per heavy atom. The van der Waals surface area contributed by atoms with Gasteiger partial charge in [-0.1, -0.05) is 24.8 Å². The van der Waals surface area contributed by atoms with E-state index in [0.29, 0.717) is 12.2 Å². The molecule has 8 heteroatoms. The minimum atomic E-state index is -3.40. The van der Waals surface area contributed by atoms with E-state index in [2.05, 4.69) is 27.2 Å². The molecule has 0 spiro atoms. The van der Waals surface area contributed by atoms with Crippen LogP contribution in [0.3, 0.4) is 0 Å². The molecule has 0 radical (unpaired) electrons. The summed E-state index contributed by atoms with van der Waals surface area (Å²) in [6.07, 6.45) is 4.57. The number of carbonyl (C=O) groups is 1. The fourth-order valence-corrected chi connectivity index (χ4v) is 3.68. The van der Waals surface area contributed by atoms with E-state index in [0.717, 1.165) is 28.8 Å². The molecule has 0 aliphatic rings. The van der Waals surface area contributed by atoms with Crippen molar-refractivity contribution in [2.75, 3.05) is 18.1 Å². The number of hydrogen-bond acceptors (Lipinski definition) is 6. The molecule has 0 saturated heterocycles. The van der Waals surface area contributed by atoms with Gasteiger partial charge in [-0.3, -0.25) is 14.8 Å². The Balaban J connectivity index is 2.13. The largest absolute Gasteiger partial charge is 0.381 e. The van der Waals surface area contributed by atoms with Gasteiger partial charge in [0.05, 0.1) is 10.6 Å². The minimum absolute atomic E-state index is 0.0468. The standard InChI is InChI=1S/C26H32N4O3S/c1-7-27-17-25(18(2)3)28-16-19(4)29-20(5)21-10-8-12-23(14-21)30-26(31)22-11-9-13-24(15-22)34(6,32)33/h8-17,20,29H,2,7H2,1,3-6H3,(H,30,31)/b19-16+,27-17?,28-25?/t20-/m0/s1. The van der Waals surface area contributed by atoms with Crippen molar-refractivity contribution in [1.82, 2.24) is 5.32 Å². The second kappa shape index (κ2) is 12.1. The zero-order valence-electron chi connectivity index (χ0n) is 20.3. The Bertz CT molecular complexity index is 1240. The first-order valence-corrected chi connectivity index (χ1v) is 12.8. The van der Waals surface area contributed by atoms with Gasteiger partial charge in [0.2, 0.25) is 0 Å². The quantitative estimate of drug-likeness (QED) is 0.469. The van der Waals surface area contributed by atoms with E-state index in [4.69, 9.17) is 0 Å². The first-order valence-electron chi connectivity index (χ1n) is 10.9. The molecule has 2 aromatic rings. The topological polar surface area (TPSA) is 100.0 Å². The average molecular weight is 481 g/mol. The summed E-state index contributed by atoms with van der Waals surface area (Å²) in [5.41, 5.74) is 4.27. The summed E-state index contributed by atoms with van der Waals surface area (Å²) in [6.45, 7) is 12.4. The van der Waals surface area contributed by atoms with Gasteiger partial charge < -0.3 is 10.6 Å². The van der Waals surface area contributed by atoms with Gasteiger partial charge >= 0.3 is 0 Å². The maximum Gasteiger partial charge on any atom is 0.255 e. The highest BCUT2D eigenvalue weighted by molar-refractivity contribution is 7.90. The highest BCUT2D eigenvalue weighted by atomic mass is 32.2. The van der Waals surface area contributed by atoms with E-state index in [9.17, 15) is 13.2 Å². The van der Waals surface area contributed by atoms with Crippen LogP contribution in [0.4, 0.5) is 5.69 Å². The predicted molar refractivity (Wildman–Crippen MR) is 141 cm³/mol. The van der Waals surface area contributed by atoms with Gasteiger partial charge in [0.25, 0.3) is 5.91 Å². The van der Waals surface area contributed by atoms with Crippen LogP contribution in [0.2, 0.25) is 0 Å². The lowest BCUT2D eigenvalue weighted by Gasteiger charge is -2.17. The van der Waals surface area contributed by atoms with Crippen LogP contribution < -0.4 is 10.6 Å². The molecule has 0 aliphatic heterocycles. The third kappa shape index (κ3) is 8.12. The van der Waals surface area contributed by atoms with Crippen LogP contribution in [0, 0.1) is 0 Å². The number of amides is 1. The van der Waals surface area contributed by atoms with Crippen LogP contribution in [0.1, 0.15) is 49.7 Å². The second-order valence-electron chi connectivity index (χ2n) is 7.98. The summed E-state index contributed by atoms with van der Waals surface area (Å²) in [7, 11) is -3.40. The van der Waals surface area contributed by atoms with Crippen LogP contribution in [0.25, 0.3) is 0 Å². The molecular formula is C26H32N4O3S. The number of sulfone groups is 1. The van der Waals surface area contributed by atoms with Gasteiger partial charge in [-0.25, -0.2) is 8.42 Å². The lowest BCUT2D eigenvalue weighted by atomic mass is 10.1. The normalized spacial score (nSPS) is 13.6. The van der Waals surface area contributed by atoms with Gasteiger partial charge in [-0.2, -0.15) is 0 Å². The highest BCUT2D eigenvalue weighted by Crippen LogP contribution is 2.20. The molecular weight excluding hydrogens is 448 g/mol. The van der Waals surface area contributed by atoms with Gasteiger partial charge in [-0.15, -0.1) is 0 Å². The third-order valence-electron chi connectivity index (χ3n) is 4.84. The molecule has 2 aromatic carbocycles. The molecule has 34 heavy (non-hydrogen) atoms. The SMILES string of the molecule is C=C(C)C(C=NCC)=N/C=C(\C)N[C@@H](C)c1cccc(NC(=O)c2cccc(S(C)(=O)=O)c2)c1. The molecule has 0 fully saturated rings. The van der Waals surface area contributed by atoms with E-state index < -0.39 is 9.84 Å². The summed E-state index contributed by atoms with van der Waals surface area (Å²) in [5.74, 6) is -0.380. The first-order chi connectivity index (χ1) is 16.0. The monoisotopic (exact) mass is 480 g/mol. The molecule has 0 unspecified atom stereocenters. The zero-order chi connectivity index (χ0) is 25.3. The number of benzene rings is 2. The summed E-state index contributed by atoms with van der Waals surface area (Å²) in [5, 5.41) is 6.22. The van der Waals surface area contributed by atoms with Crippen LogP contribution in [0.5, 0.6) is 0 Å². The zero-order valence-corrected chi connectivity index (χ0v) is 21.1. The van der Waals surface area contributed by atoms with Gasteiger partial charge in [-0.05, 0) is 69.2 Å². The van der Waals surface area contributed by atoms with Crippen molar-refractivity contribution in [3.8, 4) is 0 Å². The van der Waals surface area contributed by atoms with Crippen molar-refractivity contribution < 1.29 is 13.2 Å². The molecule has 0 heterocycles. The molecule has 0 saturated carbocycles. The minimum Gasteiger partial charge on any atom is -0.381 e. The summed E-state index contributed by atoms with van der Waals surface area (Å²) in [4.78, 5) is 21.5. The predicted octanol–water partition coefficient (Wildman–Crippen LogP) is 4.96. The molecule has 180 valence electrons. The second-order valence-corrected chi connectivity index (χ2v) is 10.00. The number of allylic oxidation sites excluding steroid dienone is 2. The number of nitrogens with zero attached hydrogens (tertiary/aromatic N) is 2. The Hall–Kier alpha value is -3.52. The number of nitrogens with one attached hydrogen (secondary N) is 2. The fourth-order valence-electron chi connectivity index (χ4n) is 3.02. The number of aliphatic imine (C=N–C) groups is 2. The van der Waals surface area contributed by atoms with E-state index in [1.807, 2.05) is 45.9 Å². The van der Waals surface area contributed by atoms with E-state index >= 15 is 0 Å². The third-order valence-corrected chi connectivity index (χ3v) is 5.95. The average Bonchev–Trinajstić information content (AvgIpc) is 2.78. The smallest absolute Gasteiger partial charge is 0.255 e. The van der Waals surface area contributed by atoms with Crippen LogP contribution in [0.15, 0.2) is 87.5 Å². The fraction of sp³-hybridized carbons (Fsp3) is 0.269. The van der Waals surface area contributed by atoms with Gasteiger partial charge in [0.15, 0.2) is 9.84 Å². The summed E-state index contributed by atoms with van der Waals surface area (Å²) >= 11 is 0. The maximum absolute atomic E-state index is 12.7. The van der Waals surface area contributed by atoms with Gasteiger partial charge in [0, 0.05) is 48.2 Å². The van der Waals surface area contributed by atoms with Crippen molar-refractivity contribution in [3.05, 3.63) is 83.7 Å².